The molecule has 6 nitrogen and oxygen atoms in total. The van der Waals surface area contributed by atoms with Gasteiger partial charge < -0.3 is 0 Å². The minimum absolute atomic E-state index is 0.607. The molecule has 0 aliphatic heterocycles. The molecule has 0 aliphatic carbocycles. The van der Waals surface area contributed by atoms with Crippen LogP contribution in [0.3, 0.4) is 0 Å². The number of thiazole rings is 1. The Morgan fingerprint density at radius 2 is 1.57 bits per heavy atom. The van der Waals surface area contributed by atoms with Gasteiger partial charge in [-0.1, -0.05) is 6.07 Å². The maximum absolute atomic E-state index is 4.63. The van der Waals surface area contributed by atoms with E-state index in [9.17, 15) is 0 Å². The van der Waals surface area contributed by atoms with Gasteiger partial charge in [0.15, 0.2) is 5.82 Å². The third-order valence-corrected chi connectivity index (χ3v) is 4.18. The first-order valence-corrected chi connectivity index (χ1v) is 7.68. The van der Waals surface area contributed by atoms with Crippen molar-refractivity contribution in [3.8, 4) is 32.7 Å². The number of aromatic nitrogens is 6. The van der Waals surface area contributed by atoms with E-state index in [1.165, 1.54) is 6.33 Å². The summed E-state index contributed by atoms with van der Waals surface area (Å²) < 4.78 is 0. The summed E-state index contributed by atoms with van der Waals surface area (Å²) in [6, 6.07) is 7.57. The van der Waals surface area contributed by atoms with Gasteiger partial charge in [0.1, 0.15) is 17.0 Å². The second-order valence-corrected chi connectivity index (χ2v) is 5.67. The fourth-order valence-electron chi connectivity index (χ4n) is 2.06. The third-order valence-electron chi connectivity index (χ3n) is 3.11. The molecule has 0 unspecified atom stereocenters. The molecule has 0 radical (unpaired) electrons. The van der Waals surface area contributed by atoms with Gasteiger partial charge in [0.05, 0.1) is 10.6 Å². The predicted octanol–water partition coefficient (Wildman–Crippen LogP) is 3.12. The summed E-state index contributed by atoms with van der Waals surface area (Å²) in [5, 5.41) is 0.865. The predicted molar refractivity (Wildman–Crippen MR) is 87.4 cm³/mol. The fraction of sp³-hybridized carbons (Fsp3) is 0. The molecule has 0 N–H and O–H groups in total. The summed E-state index contributed by atoms with van der Waals surface area (Å²) in [4.78, 5) is 26.5. The molecule has 0 amide bonds. The summed E-state index contributed by atoms with van der Waals surface area (Å²) in [5.41, 5.74) is 2.47. The molecule has 0 saturated heterocycles. The SMILES string of the molecule is c1cnc(-c2cccc(-c3cnc(-c4cncnc4)s3)n2)nc1. The van der Waals surface area contributed by atoms with E-state index in [1.54, 1.807) is 42.2 Å². The lowest BCUT2D eigenvalue weighted by Crippen LogP contribution is -1.91. The maximum Gasteiger partial charge on any atom is 0.178 e. The minimum Gasteiger partial charge on any atom is -0.244 e. The smallest absolute Gasteiger partial charge is 0.178 e. The Labute approximate surface area is 136 Å². The van der Waals surface area contributed by atoms with Gasteiger partial charge in [-0.15, -0.1) is 11.3 Å². The molecule has 0 aromatic carbocycles. The topological polar surface area (TPSA) is 77.3 Å². The molecule has 0 spiro atoms. The lowest BCUT2D eigenvalue weighted by molar-refractivity contribution is 1.14. The van der Waals surface area contributed by atoms with E-state index in [2.05, 4.69) is 29.9 Å². The Bertz CT molecular complexity index is 923. The highest BCUT2D eigenvalue weighted by Crippen LogP contribution is 2.31. The fourth-order valence-corrected chi connectivity index (χ4v) is 2.92. The molecule has 4 aromatic heterocycles. The molecule has 0 fully saturated rings. The Kier molecular flexibility index (Phi) is 3.53. The van der Waals surface area contributed by atoms with Crippen molar-refractivity contribution >= 4 is 11.3 Å². The molecule has 4 heterocycles. The quantitative estimate of drug-likeness (QED) is 0.577. The van der Waals surface area contributed by atoms with Crippen molar-refractivity contribution in [1.82, 2.24) is 29.9 Å². The van der Waals surface area contributed by atoms with Crippen LogP contribution in [-0.4, -0.2) is 29.9 Å². The lowest BCUT2D eigenvalue weighted by Gasteiger charge is -2.01. The van der Waals surface area contributed by atoms with Crippen LogP contribution in [0.2, 0.25) is 0 Å². The van der Waals surface area contributed by atoms with Gasteiger partial charge in [-0.25, -0.2) is 29.9 Å². The van der Waals surface area contributed by atoms with Crippen LogP contribution in [0.15, 0.2) is 61.6 Å². The van der Waals surface area contributed by atoms with Gasteiger partial charge in [0.25, 0.3) is 0 Å². The van der Waals surface area contributed by atoms with Crippen molar-refractivity contribution in [2.75, 3.05) is 0 Å². The second-order valence-electron chi connectivity index (χ2n) is 4.64. The molecule has 0 aliphatic rings. The van der Waals surface area contributed by atoms with Gasteiger partial charge in [-0.05, 0) is 18.2 Å². The minimum atomic E-state index is 0.607. The molecule has 7 heteroatoms. The Balaban J connectivity index is 1.71. The van der Waals surface area contributed by atoms with E-state index in [4.69, 9.17) is 0 Å². The summed E-state index contributed by atoms with van der Waals surface area (Å²) in [7, 11) is 0. The molecular weight excluding hydrogens is 308 g/mol. The zero-order valence-electron chi connectivity index (χ0n) is 11.9. The highest BCUT2D eigenvalue weighted by Gasteiger charge is 2.10. The van der Waals surface area contributed by atoms with Crippen LogP contribution in [0.4, 0.5) is 0 Å². The van der Waals surface area contributed by atoms with Crippen molar-refractivity contribution in [1.29, 1.82) is 0 Å². The van der Waals surface area contributed by atoms with Crippen molar-refractivity contribution in [3.05, 3.63) is 61.6 Å². The van der Waals surface area contributed by atoms with Crippen LogP contribution in [-0.2, 0) is 0 Å². The van der Waals surface area contributed by atoms with Crippen molar-refractivity contribution in [2.24, 2.45) is 0 Å². The van der Waals surface area contributed by atoms with E-state index >= 15 is 0 Å². The highest BCUT2D eigenvalue weighted by atomic mass is 32.1. The number of pyridine rings is 1. The first kappa shape index (κ1) is 13.6. The van der Waals surface area contributed by atoms with Gasteiger partial charge in [0, 0.05) is 36.5 Å². The summed E-state index contributed by atoms with van der Waals surface area (Å²) in [6.07, 6.45) is 10.2. The number of nitrogens with zero attached hydrogens (tertiary/aromatic N) is 6. The molecule has 4 aromatic rings. The van der Waals surface area contributed by atoms with Crippen LogP contribution >= 0.6 is 11.3 Å². The van der Waals surface area contributed by atoms with Crippen molar-refractivity contribution in [2.45, 2.75) is 0 Å². The number of hydrogen-bond acceptors (Lipinski definition) is 7. The zero-order chi connectivity index (χ0) is 15.5. The van der Waals surface area contributed by atoms with Crippen molar-refractivity contribution < 1.29 is 0 Å². The van der Waals surface area contributed by atoms with E-state index < -0.39 is 0 Å². The lowest BCUT2D eigenvalue weighted by atomic mass is 10.2. The molecule has 4 rings (SSSR count). The number of hydrogen-bond donors (Lipinski definition) is 0. The average molecular weight is 318 g/mol. The highest BCUT2D eigenvalue weighted by molar-refractivity contribution is 7.18. The Morgan fingerprint density at radius 3 is 2.39 bits per heavy atom. The van der Waals surface area contributed by atoms with E-state index in [-0.39, 0.29) is 0 Å². The van der Waals surface area contributed by atoms with Crippen LogP contribution in [0.25, 0.3) is 32.7 Å². The second kappa shape index (κ2) is 5.98. The Hall–Kier alpha value is -3.06. The van der Waals surface area contributed by atoms with Crippen molar-refractivity contribution in [3.63, 3.8) is 0 Å². The standard InChI is InChI=1S/C16H10N6S/c1-3-12(22-13(4-1)15-19-5-2-6-20-15)14-9-21-16(23-14)11-7-17-10-18-8-11/h1-10H. The molecular formula is C16H10N6S. The van der Waals surface area contributed by atoms with Gasteiger partial charge in [0.2, 0.25) is 0 Å². The summed E-state index contributed by atoms with van der Waals surface area (Å²) in [6.45, 7) is 0. The van der Waals surface area contributed by atoms with Crippen LogP contribution < -0.4 is 0 Å². The molecule has 110 valence electrons. The zero-order valence-corrected chi connectivity index (χ0v) is 12.7. The molecule has 0 bridgehead atoms. The van der Waals surface area contributed by atoms with E-state index in [0.29, 0.717) is 5.82 Å². The monoisotopic (exact) mass is 318 g/mol. The molecule has 0 atom stereocenters. The normalized spacial score (nSPS) is 10.6. The maximum atomic E-state index is 4.63. The van der Waals surface area contributed by atoms with Gasteiger partial charge in [-0.3, -0.25) is 0 Å². The van der Waals surface area contributed by atoms with Gasteiger partial charge in [-0.2, -0.15) is 0 Å². The third kappa shape index (κ3) is 2.82. The summed E-state index contributed by atoms with van der Waals surface area (Å²) >= 11 is 1.55. The molecule has 0 saturated carbocycles. The van der Waals surface area contributed by atoms with E-state index in [0.717, 1.165) is 26.8 Å². The first-order valence-electron chi connectivity index (χ1n) is 6.86. The van der Waals surface area contributed by atoms with Crippen LogP contribution in [0, 0.1) is 0 Å². The van der Waals surface area contributed by atoms with Crippen LogP contribution in [0.1, 0.15) is 0 Å². The average Bonchev–Trinajstić information content (AvgIpc) is 3.14. The first-order chi connectivity index (χ1) is 11.4. The largest absolute Gasteiger partial charge is 0.244 e. The number of rotatable bonds is 3. The molecule has 23 heavy (non-hydrogen) atoms. The summed E-state index contributed by atoms with van der Waals surface area (Å²) in [5.74, 6) is 0.607. The van der Waals surface area contributed by atoms with E-state index in [1.807, 2.05) is 24.4 Å². The Morgan fingerprint density at radius 1 is 0.783 bits per heavy atom. The van der Waals surface area contributed by atoms with Gasteiger partial charge >= 0.3 is 0 Å². The van der Waals surface area contributed by atoms with Crippen LogP contribution in [0.5, 0.6) is 0 Å².